The van der Waals surface area contributed by atoms with Gasteiger partial charge in [0.2, 0.25) is 0 Å². The van der Waals surface area contributed by atoms with Crippen LogP contribution in [0.3, 0.4) is 0 Å². The van der Waals surface area contributed by atoms with Crippen LogP contribution in [-0.4, -0.2) is 31.1 Å². The van der Waals surface area contributed by atoms with Crippen molar-refractivity contribution in [2.24, 2.45) is 0 Å². The highest BCUT2D eigenvalue weighted by Gasteiger charge is 2.10. The highest BCUT2D eigenvalue weighted by atomic mass is 35.5. The fourth-order valence-corrected chi connectivity index (χ4v) is 2.71. The van der Waals surface area contributed by atoms with Gasteiger partial charge in [-0.3, -0.25) is 0 Å². The van der Waals surface area contributed by atoms with E-state index in [1.165, 1.54) is 38.9 Å². The molecule has 1 N–H and O–H groups in total. The Hall–Kier alpha value is -0.280. The lowest BCUT2D eigenvalue weighted by atomic mass is 10.2. The van der Waals surface area contributed by atoms with Gasteiger partial charge in [-0.05, 0) is 69.2 Å². The SMILES string of the molecule is Clc1ccc(Cl)c(CNCCCN2CCCC2)c1. The summed E-state index contributed by atoms with van der Waals surface area (Å²) in [5.74, 6) is 0. The third-order valence-corrected chi connectivity index (χ3v) is 3.95. The van der Waals surface area contributed by atoms with Crippen molar-refractivity contribution in [1.29, 1.82) is 0 Å². The lowest BCUT2D eigenvalue weighted by Crippen LogP contribution is -2.24. The normalized spacial score (nSPS) is 16.3. The lowest BCUT2D eigenvalue weighted by Gasteiger charge is -2.14. The predicted octanol–water partition coefficient (Wildman–Crippen LogP) is 3.57. The van der Waals surface area contributed by atoms with Crippen molar-refractivity contribution in [2.45, 2.75) is 25.8 Å². The molecule has 0 atom stereocenters. The van der Waals surface area contributed by atoms with Crippen LogP contribution in [0.5, 0.6) is 0 Å². The second-order valence-electron chi connectivity index (χ2n) is 4.81. The molecule has 100 valence electrons. The molecule has 0 bridgehead atoms. The fourth-order valence-electron chi connectivity index (χ4n) is 2.34. The zero-order valence-corrected chi connectivity index (χ0v) is 12.1. The quantitative estimate of drug-likeness (QED) is 0.805. The average molecular weight is 287 g/mol. The fraction of sp³-hybridized carbons (Fsp3) is 0.571. The van der Waals surface area contributed by atoms with Crippen molar-refractivity contribution in [2.75, 3.05) is 26.2 Å². The summed E-state index contributed by atoms with van der Waals surface area (Å²) < 4.78 is 0. The number of halogens is 2. The largest absolute Gasteiger partial charge is 0.313 e. The summed E-state index contributed by atoms with van der Waals surface area (Å²) in [5.41, 5.74) is 1.07. The standard InChI is InChI=1S/C14H20Cl2N2/c15-13-4-5-14(16)12(10-13)11-17-6-3-9-18-7-1-2-8-18/h4-5,10,17H,1-3,6-9,11H2. The third-order valence-electron chi connectivity index (χ3n) is 3.35. The van der Waals surface area contributed by atoms with Crippen molar-refractivity contribution in [3.05, 3.63) is 33.8 Å². The van der Waals surface area contributed by atoms with E-state index in [4.69, 9.17) is 23.2 Å². The van der Waals surface area contributed by atoms with Gasteiger partial charge in [-0.15, -0.1) is 0 Å². The van der Waals surface area contributed by atoms with Gasteiger partial charge in [0.25, 0.3) is 0 Å². The van der Waals surface area contributed by atoms with Gasteiger partial charge in [-0.1, -0.05) is 23.2 Å². The summed E-state index contributed by atoms with van der Waals surface area (Å²) in [5, 5.41) is 4.95. The summed E-state index contributed by atoms with van der Waals surface area (Å²) in [4.78, 5) is 2.54. The zero-order chi connectivity index (χ0) is 12.8. The molecule has 18 heavy (non-hydrogen) atoms. The van der Waals surface area contributed by atoms with Crippen molar-refractivity contribution in [3.8, 4) is 0 Å². The van der Waals surface area contributed by atoms with Gasteiger partial charge in [0.15, 0.2) is 0 Å². The molecule has 2 rings (SSSR count). The molecule has 1 fully saturated rings. The van der Waals surface area contributed by atoms with E-state index in [1.807, 2.05) is 18.2 Å². The van der Waals surface area contributed by atoms with E-state index in [0.717, 1.165) is 28.7 Å². The Bertz CT molecular complexity index is 376. The van der Waals surface area contributed by atoms with Gasteiger partial charge in [0, 0.05) is 16.6 Å². The first-order valence-corrected chi connectivity index (χ1v) is 7.38. The average Bonchev–Trinajstić information content (AvgIpc) is 2.86. The van der Waals surface area contributed by atoms with Gasteiger partial charge in [0.05, 0.1) is 0 Å². The third kappa shape index (κ3) is 4.43. The molecular weight excluding hydrogens is 267 g/mol. The number of rotatable bonds is 6. The molecule has 0 aromatic heterocycles. The van der Waals surface area contributed by atoms with E-state index in [2.05, 4.69) is 10.2 Å². The Morgan fingerprint density at radius 3 is 2.72 bits per heavy atom. The summed E-state index contributed by atoms with van der Waals surface area (Å²) in [6, 6.07) is 5.60. The maximum absolute atomic E-state index is 6.11. The van der Waals surface area contributed by atoms with Crippen LogP contribution in [0.2, 0.25) is 10.0 Å². The van der Waals surface area contributed by atoms with E-state index >= 15 is 0 Å². The molecule has 1 heterocycles. The van der Waals surface area contributed by atoms with Crippen LogP contribution in [0.1, 0.15) is 24.8 Å². The first kappa shape index (κ1) is 14.1. The number of nitrogens with one attached hydrogen (secondary N) is 1. The Morgan fingerprint density at radius 2 is 1.94 bits per heavy atom. The Morgan fingerprint density at radius 1 is 1.17 bits per heavy atom. The Labute approximate surface area is 119 Å². The lowest BCUT2D eigenvalue weighted by molar-refractivity contribution is 0.331. The molecule has 0 radical (unpaired) electrons. The number of hydrogen-bond donors (Lipinski definition) is 1. The first-order chi connectivity index (χ1) is 8.75. The summed E-state index contributed by atoms with van der Waals surface area (Å²) in [6.07, 6.45) is 3.93. The molecular formula is C14H20Cl2N2. The second kappa shape index (κ2) is 7.34. The molecule has 0 amide bonds. The van der Waals surface area contributed by atoms with E-state index in [-0.39, 0.29) is 0 Å². The highest BCUT2D eigenvalue weighted by molar-refractivity contribution is 6.33. The van der Waals surface area contributed by atoms with E-state index in [9.17, 15) is 0 Å². The second-order valence-corrected chi connectivity index (χ2v) is 5.66. The van der Waals surface area contributed by atoms with Gasteiger partial charge in [-0.2, -0.15) is 0 Å². The molecule has 1 saturated heterocycles. The molecule has 0 aliphatic carbocycles. The Balaban J connectivity index is 1.64. The van der Waals surface area contributed by atoms with Crippen LogP contribution in [0.4, 0.5) is 0 Å². The summed E-state index contributed by atoms with van der Waals surface area (Å²) in [6.45, 7) is 5.58. The maximum Gasteiger partial charge on any atom is 0.0451 e. The molecule has 0 unspecified atom stereocenters. The van der Waals surface area contributed by atoms with Crippen molar-refractivity contribution < 1.29 is 0 Å². The maximum atomic E-state index is 6.11. The molecule has 4 heteroatoms. The van der Waals surface area contributed by atoms with Crippen LogP contribution >= 0.6 is 23.2 Å². The number of likely N-dealkylation sites (tertiary alicyclic amines) is 1. The van der Waals surface area contributed by atoms with E-state index in [0.29, 0.717) is 0 Å². The Kier molecular flexibility index (Phi) is 5.77. The van der Waals surface area contributed by atoms with Gasteiger partial charge in [0.1, 0.15) is 0 Å². The minimum absolute atomic E-state index is 0.744. The van der Waals surface area contributed by atoms with Crippen LogP contribution < -0.4 is 5.32 Å². The minimum Gasteiger partial charge on any atom is -0.313 e. The monoisotopic (exact) mass is 286 g/mol. The molecule has 1 aliphatic rings. The van der Waals surface area contributed by atoms with Crippen molar-refractivity contribution in [3.63, 3.8) is 0 Å². The van der Waals surface area contributed by atoms with Crippen LogP contribution in [0, 0.1) is 0 Å². The van der Waals surface area contributed by atoms with Gasteiger partial charge >= 0.3 is 0 Å². The van der Waals surface area contributed by atoms with Gasteiger partial charge < -0.3 is 10.2 Å². The highest BCUT2D eigenvalue weighted by Crippen LogP contribution is 2.20. The number of benzene rings is 1. The predicted molar refractivity (Wildman–Crippen MR) is 78.5 cm³/mol. The smallest absolute Gasteiger partial charge is 0.0451 e. The number of hydrogen-bond acceptors (Lipinski definition) is 2. The molecule has 2 nitrogen and oxygen atoms in total. The van der Waals surface area contributed by atoms with Crippen molar-refractivity contribution in [1.82, 2.24) is 10.2 Å². The molecule has 1 aromatic carbocycles. The molecule has 1 aromatic rings. The molecule has 0 spiro atoms. The number of nitrogens with zero attached hydrogens (tertiary/aromatic N) is 1. The van der Waals surface area contributed by atoms with E-state index < -0.39 is 0 Å². The van der Waals surface area contributed by atoms with Crippen LogP contribution in [-0.2, 0) is 6.54 Å². The zero-order valence-electron chi connectivity index (χ0n) is 10.6. The summed E-state index contributed by atoms with van der Waals surface area (Å²) in [7, 11) is 0. The van der Waals surface area contributed by atoms with Crippen LogP contribution in [0.25, 0.3) is 0 Å². The van der Waals surface area contributed by atoms with Crippen molar-refractivity contribution >= 4 is 23.2 Å². The van der Waals surface area contributed by atoms with Gasteiger partial charge in [-0.25, -0.2) is 0 Å². The topological polar surface area (TPSA) is 15.3 Å². The molecule has 1 aliphatic heterocycles. The first-order valence-electron chi connectivity index (χ1n) is 6.63. The minimum atomic E-state index is 0.744. The van der Waals surface area contributed by atoms with E-state index in [1.54, 1.807) is 0 Å². The summed E-state index contributed by atoms with van der Waals surface area (Å²) >= 11 is 12.1. The molecule has 0 saturated carbocycles. The van der Waals surface area contributed by atoms with Crippen LogP contribution in [0.15, 0.2) is 18.2 Å².